The quantitative estimate of drug-likeness (QED) is 0.578. The molecule has 3 aromatic rings. The molecule has 1 fully saturated rings. The minimum absolute atomic E-state index is 0.119. The second-order valence-electron chi connectivity index (χ2n) is 6.90. The van der Waals surface area contributed by atoms with Gasteiger partial charge in [0.05, 0.1) is 11.3 Å². The molecule has 29 heavy (non-hydrogen) atoms. The zero-order chi connectivity index (χ0) is 20.1. The van der Waals surface area contributed by atoms with Crippen molar-refractivity contribution in [3.05, 3.63) is 71.4 Å². The maximum absolute atomic E-state index is 12.8. The molecule has 0 radical (unpaired) electrons. The topological polar surface area (TPSA) is 54.3 Å². The van der Waals surface area contributed by atoms with E-state index in [1.54, 1.807) is 11.3 Å². The molecule has 1 aliphatic rings. The molecule has 7 heteroatoms. The number of rotatable bonds is 7. The average Bonchev–Trinajstić information content (AvgIpc) is 3.51. The molecule has 0 aliphatic carbocycles. The van der Waals surface area contributed by atoms with Gasteiger partial charge < -0.3 is 14.8 Å². The summed E-state index contributed by atoms with van der Waals surface area (Å²) in [5.74, 6) is 0.399. The van der Waals surface area contributed by atoms with Crippen LogP contribution in [0.3, 0.4) is 0 Å². The van der Waals surface area contributed by atoms with E-state index in [4.69, 9.17) is 0 Å². The number of hydrogen-bond acceptors (Lipinski definition) is 4. The lowest BCUT2D eigenvalue weighted by molar-refractivity contribution is -0.127. The van der Waals surface area contributed by atoms with E-state index in [1.165, 1.54) is 11.8 Å². The summed E-state index contributed by atoms with van der Waals surface area (Å²) in [6.07, 6.45) is 6.17. The van der Waals surface area contributed by atoms with Gasteiger partial charge in [0, 0.05) is 42.5 Å². The number of nitrogens with zero attached hydrogens (tertiary/aromatic N) is 2. The van der Waals surface area contributed by atoms with Gasteiger partial charge in [0.25, 0.3) is 5.91 Å². The van der Waals surface area contributed by atoms with Crippen LogP contribution in [-0.2, 0) is 11.3 Å². The minimum Gasteiger partial charge on any atom is -0.348 e. The lowest BCUT2D eigenvalue weighted by atomic mass is 10.2. The van der Waals surface area contributed by atoms with Crippen LogP contribution in [0.15, 0.2) is 65.1 Å². The highest BCUT2D eigenvalue weighted by atomic mass is 32.2. The number of thiophene rings is 1. The molecule has 5 nitrogen and oxygen atoms in total. The Hall–Kier alpha value is -2.51. The number of likely N-dealkylation sites (tertiary alicyclic amines) is 1. The Kier molecular flexibility index (Phi) is 6.36. The van der Waals surface area contributed by atoms with Gasteiger partial charge in [-0.3, -0.25) is 9.59 Å². The molecule has 0 atom stereocenters. The summed E-state index contributed by atoms with van der Waals surface area (Å²) in [5, 5.41) is 6.17. The number of benzene rings is 1. The predicted octanol–water partition coefficient (Wildman–Crippen LogP) is 4.18. The van der Waals surface area contributed by atoms with E-state index in [9.17, 15) is 9.59 Å². The molecule has 4 rings (SSSR count). The highest BCUT2D eigenvalue weighted by Gasteiger charge is 2.19. The van der Waals surface area contributed by atoms with E-state index >= 15 is 0 Å². The van der Waals surface area contributed by atoms with Gasteiger partial charge in [0.1, 0.15) is 5.00 Å². The van der Waals surface area contributed by atoms with Gasteiger partial charge in [0.2, 0.25) is 5.91 Å². The van der Waals surface area contributed by atoms with Crippen molar-refractivity contribution in [2.45, 2.75) is 24.3 Å². The van der Waals surface area contributed by atoms with E-state index in [2.05, 4.69) is 9.88 Å². The molecule has 3 heterocycles. The summed E-state index contributed by atoms with van der Waals surface area (Å²) in [5.41, 5.74) is 1.69. The van der Waals surface area contributed by atoms with Gasteiger partial charge in [-0.15, -0.1) is 23.1 Å². The van der Waals surface area contributed by atoms with Gasteiger partial charge in [-0.05, 0) is 48.6 Å². The van der Waals surface area contributed by atoms with Crippen molar-refractivity contribution >= 4 is 34.9 Å². The molecule has 0 spiro atoms. The van der Waals surface area contributed by atoms with Crippen LogP contribution in [-0.4, -0.2) is 40.1 Å². The Morgan fingerprint density at radius 2 is 1.79 bits per heavy atom. The normalized spacial score (nSPS) is 13.6. The van der Waals surface area contributed by atoms with Crippen LogP contribution in [0.4, 0.5) is 0 Å². The summed E-state index contributed by atoms with van der Waals surface area (Å²) in [6, 6.07) is 13.5. The van der Waals surface area contributed by atoms with Crippen LogP contribution >= 0.6 is 23.1 Å². The number of carbonyl (C=O) groups is 2. The molecule has 0 saturated carbocycles. The van der Waals surface area contributed by atoms with Crippen LogP contribution in [0.5, 0.6) is 0 Å². The van der Waals surface area contributed by atoms with E-state index in [1.807, 2.05) is 65.1 Å². The maximum Gasteiger partial charge on any atom is 0.252 e. The summed E-state index contributed by atoms with van der Waals surface area (Å²) in [7, 11) is 0. The fourth-order valence-electron chi connectivity index (χ4n) is 3.41. The van der Waals surface area contributed by atoms with Crippen molar-refractivity contribution in [1.82, 2.24) is 14.8 Å². The molecule has 2 aromatic heterocycles. The molecule has 1 N–H and O–H groups in total. The Bertz CT molecular complexity index is 976. The molecule has 1 saturated heterocycles. The van der Waals surface area contributed by atoms with Gasteiger partial charge in [-0.25, -0.2) is 0 Å². The van der Waals surface area contributed by atoms with Gasteiger partial charge in [0.15, 0.2) is 0 Å². The number of amides is 2. The van der Waals surface area contributed by atoms with Crippen LogP contribution < -0.4 is 5.32 Å². The lowest BCUT2D eigenvalue weighted by Crippen LogP contribution is -2.29. The van der Waals surface area contributed by atoms with Crippen molar-refractivity contribution in [3.8, 4) is 5.00 Å². The summed E-state index contributed by atoms with van der Waals surface area (Å²) in [4.78, 5) is 27.9. The lowest BCUT2D eigenvalue weighted by Gasteiger charge is -2.15. The van der Waals surface area contributed by atoms with Gasteiger partial charge in [-0.1, -0.05) is 12.1 Å². The van der Waals surface area contributed by atoms with Crippen LogP contribution in [0.2, 0.25) is 0 Å². The highest BCUT2D eigenvalue weighted by molar-refractivity contribution is 8.00. The first-order valence-electron chi connectivity index (χ1n) is 9.70. The summed E-state index contributed by atoms with van der Waals surface area (Å²) in [6.45, 7) is 2.17. The van der Waals surface area contributed by atoms with Crippen LogP contribution in [0.25, 0.3) is 5.00 Å². The fourth-order valence-corrected chi connectivity index (χ4v) is 5.26. The number of carbonyl (C=O) groups excluding carboxylic acids is 2. The smallest absolute Gasteiger partial charge is 0.252 e. The third kappa shape index (κ3) is 4.74. The van der Waals surface area contributed by atoms with E-state index < -0.39 is 0 Å². The van der Waals surface area contributed by atoms with Crippen molar-refractivity contribution in [2.24, 2.45) is 0 Å². The zero-order valence-electron chi connectivity index (χ0n) is 16.0. The largest absolute Gasteiger partial charge is 0.348 e. The number of thioether (sulfide) groups is 1. The van der Waals surface area contributed by atoms with Crippen molar-refractivity contribution in [3.63, 3.8) is 0 Å². The fraction of sp³-hybridized carbons (Fsp3) is 0.273. The van der Waals surface area contributed by atoms with Crippen LogP contribution in [0.1, 0.15) is 28.8 Å². The third-order valence-corrected chi connectivity index (χ3v) is 6.97. The molecule has 2 amide bonds. The Labute approximate surface area is 178 Å². The molecule has 0 bridgehead atoms. The molecular weight excluding hydrogens is 402 g/mol. The summed E-state index contributed by atoms with van der Waals surface area (Å²) < 4.78 is 2.06. The van der Waals surface area contributed by atoms with Crippen LogP contribution in [0, 0.1) is 0 Å². The van der Waals surface area contributed by atoms with Gasteiger partial charge >= 0.3 is 0 Å². The molecule has 150 valence electrons. The maximum atomic E-state index is 12.8. The van der Waals surface area contributed by atoms with Gasteiger partial charge in [-0.2, -0.15) is 0 Å². The van der Waals surface area contributed by atoms with E-state index in [0.717, 1.165) is 41.4 Å². The second-order valence-corrected chi connectivity index (χ2v) is 8.81. The monoisotopic (exact) mass is 425 g/mol. The Morgan fingerprint density at radius 3 is 2.59 bits per heavy atom. The van der Waals surface area contributed by atoms with Crippen molar-refractivity contribution in [1.29, 1.82) is 0 Å². The highest BCUT2D eigenvalue weighted by Crippen LogP contribution is 2.25. The average molecular weight is 426 g/mol. The Balaban J connectivity index is 1.39. The predicted molar refractivity (Wildman–Crippen MR) is 118 cm³/mol. The van der Waals surface area contributed by atoms with Crippen molar-refractivity contribution < 1.29 is 9.59 Å². The first-order chi connectivity index (χ1) is 14.2. The molecular formula is C22H23N3O2S2. The second kappa shape index (κ2) is 9.33. The standard InChI is InChI=1S/C22H23N3O2S2/c26-20(24-10-3-4-11-24)16-29-19-8-2-1-7-18(19)21(27)23-15-17-9-14-28-22(17)25-12-5-6-13-25/h1-2,5-9,12-14H,3-4,10-11,15-16H2,(H,23,27). The first-order valence-corrected chi connectivity index (χ1v) is 11.6. The minimum atomic E-state index is -0.119. The Morgan fingerprint density at radius 1 is 1.03 bits per heavy atom. The summed E-state index contributed by atoms with van der Waals surface area (Å²) >= 11 is 3.09. The molecule has 1 aromatic carbocycles. The van der Waals surface area contributed by atoms with E-state index in [-0.39, 0.29) is 11.8 Å². The molecule has 1 aliphatic heterocycles. The SMILES string of the molecule is O=C(NCc1ccsc1-n1cccc1)c1ccccc1SCC(=O)N1CCCC1. The zero-order valence-corrected chi connectivity index (χ0v) is 17.7. The number of nitrogens with one attached hydrogen (secondary N) is 1. The molecule has 0 unspecified atom stereocenters. The third-order valence-electron chi connectivity index (χ3n) is 4.94. The number of aromatic nitrogens is 1. The van der Waals surface area contributed by atoms with E-state index in [0.29, 0.717) is 17.9 Å². The number of hydrogen-bond donors (Lipinski definition) is 1. The first kappa shape index (κ1) is 19.8. The van der Waals surface area contributed by atoms with Crippen molar-refractivity contribution in [2.75, 3.05) is 18.8 Å².